The Morgan fingerprint density at radius 3 is 2.71 bits per heavy atom. The van der Waals surface area contributed by atoms with E-state index in [0.717, 1.165) is 12.3 Å². The maximum Gasteiger partial charge on any atom is 0.423 e. The highest BCUT2D eigenvalue weighted by atomic mass is 19.4. The lowest BCUT2D eigenvalue weighted by atomic mass is 10.1. The fraction of sp³-hybridized carbons (Fsp3) is 0.370. The molecular weight excluding hydrogens is 562 g/mol. The monoisotopic (exact) mass is 589 g/mol. The molecule has 1 aliphatic heterocycles. The summed E-state index contributed by atoms with van der Waals surface area (Å²) in [5.74, 6) is 0.242. The first kappa shape index (κ1) is 29.0. The van der Waals surface area contributed by atoms with Gasteiger partial charge in [0.25, 0.3) is 11.1 Å². The summed E-state index contributed by atoms with van der Waals surface area (Å²) in [4.78, 5) is 33.5. The zero-order chi connectivity index (χ0) is 30.0. The van der Waals surface area contributed by atoms with Gasteiger partial charge in [-0.25, -0.2) is 19.5 Å². The number of nitrogens with zero attached hydrogens (tertiary/aromatic N) is 4. The number of fused-ring (bicyclic) bond motifs is 1. The third kappa shape index (κ3) is 6.05. The first-order valence-electron chi connectivity index (χ1n) is 13.0. The molecule has 3 aromatic heterocycles. The summed E-state index contributed by atoms with van der Waals surface area (Å²) in [5, 5.41) is 11.7. The number of aromatic nitrogens is 5. The van der Waals surface area contributed by atoms with Gasteiger partial charge in [0.05, 0.1) is 55.4 Å². The first-order chi connectivity index (χ1) is 20.0. The van der Waals surface area contributed by atoms with Crippen molar-refractivity contribution in [3.63, 3.8) is 0 Å². The Bertz CT molecular complexity index is 1720. The van der Waals surface area contributed by atoms with Crippen molar-refractivity contribution >= 4 is 22.3 Å². The summed E-state index contributed by atoms with van der Waals surface area (Å²) in [6.07, 6.45) is -0.131. The molecule has 4 aromatic rings. The largest absolute Gasteiger partial charge is 0.491 e. The van der Waals surface area contributed by atoms with Crippen LogP contribution in [0.4, 0.5) is 29.1 Å². The van der Waals surface area contributed by atoms with Crippen molar-refractivity contribution in [2.75, 3.05) is 31.0 Å². The van der Waals surface area contributed by atoms with Crippen LogP contribution in [0, 0.1) is 5.82 Å². The van der Waals surface area contributed by atoms with Gasteiger partial charge in [0.2, 0.25) is 0 Å². The fourth-order valence-corrected chi connectivity index (χ4v) is 4.61. The summed E-state index contributed by atoms with van der Waals surface area (Å²) in [5.41, 5.74) is -3.41. The van der Waals surface area contributed by atoms with E-state index in [9.17, 15) is 22.8 Å². The maximum atomic E-state index is 15.3. The van der Waals surface area contributed by atoms with Gasteiger partial charge in [-0.3, -0.25) is 9.59 Å². The van der Waals surface area contributed by atoms with Gasteiger partial charge in [0.15, 0.2) is 17.4 Å². The molecule has 1 aromatic carbocycles. The predicted molar refractivity (Wildman–Crippen MR) is 146 cm³/mol. The van der Waals surface area contributed by atoms with Crippen molar-refractivity contribution in [2.24, 2.45) is 0 Å². The van der Waals surface area contributed by atoms with E-state index in [1.165, 1.54) is 23.9 Å². The van der Waals surface area contributed by atoms with Gasteiger partial charge in [0.1, 0.15) is 11.4 Å². The number of ether oxygens (including phenoxy) is 2. The standard InChI is InChI=1S/C27H27F4N7O4/c1-14(34-20-10-33-37-25(39)22(20)27(29,30)31)4-3-6-38-7-5-15-8-18(19(28)9-17(15)26(38)40)23-32-11-21(41-2)24(36-23)35-16-12-42-13-16/h5,7-11,14,16H,3-4,6,12-13H2,1-2H3,(H,32,35,36)(H2,34,37,39)/t14-/m0/s1. The normalized spacial score (nSPS) is 14.4. The number of H-pyrrole nitrogens is 1. The molecule has 1 fully saturated rings. The molecule has 0 saturated carbocycles. The molecular formula is C27H27F4N7O4. The van der Waals surface area contributed by atoms with Gasteiger partial charge in [-0.15, -0.1) is 0 Å². The average Bonchev–Trinajstić information content (AvgIpc) is 2.91. The fourth-order valence-electron chi connectivity index (χ4n) is 4.61. The third-order valence-electron chi connectivity index (χ3n) is 6.84. The van der Waals surface area contributed by atoms with E-state index in [0.29, 0.717) is 43.0 Å². The van der Waals surface area contributed by atoms with Crippen molar-refractivity contribution in [3.05, 3.63) is 68.9 Å². The summed E-state index contributed by atoms with van der Waals surface area (Å²) in [6, 6.07) is 3.91. The number of methoxy groups -OCH3 is 1. The van der Waals surface area contributed by atoms with E-state index < -0.39 is 40.4 Å². The quantitative estimate of drug-likeness (QED) is 0.236. The Kier molecular flexibility index (Phi) is 8.11. The molecule has 0 bridgehead atoms. The van der Waals surface area contributed by atoms with Gasteiger partial charge in [-0.05, 0) is 43.4 Å². The second kappa shape index (κ2) is 11.8. The van der Waals surface area contributed by atoms with E-state index in [1.807, 2.05) is 0 Å². The topological polar surface area (TPSA) is 136 Å². The minimum atomic E-state index is -4.85. The highest BCUT2D eigenvalue weighted by Gasteiger charge is 2.37. The number of halogens is 4. The summed E-state index contributed by atoms with van der Waals surface area (Å²) in [6.45, 7) is 2.92. The molecule has 1 atom stereocenters. The molecule has 0 amide bonds. The Hall–Kier alpha value is -4.53. The summed E-state index contributed by atoms with van der Waals surface area (Å²) in [7, 11) is 1.48. The zero-order valence-electron chi connectivity index (χ0n) is 22.6. The van der Waals surface area contributed by atoms with Crippen molar-refractivity contribution in [1.29, 1.82) is 0 Å². The van der Waals surface area contributed by atoms with E-state index in [-0.39, 0.29) is 29.4 Å². The van der Waals surface area contributed by atoms with Crippen LogP contribution in [0.1, 0.15) is 25.3 Å². The van der Waals surface area contributed by atoms with E-state index in [2.05, 4.69) is 25.7 Å². The van der Waals surface area contributed by atoms with Gasteiger partial charge >= 0.3 is 6.18 Å². The SMILES string of the molecule is COc1cnc(-c2cc3ccn(CCC[C@H](C)Nc4cn[nH]c(=O)c4C(F)(F)F)c(=O)c3cc2F)nc1NC1COC1. The van der Waals surface area contributed by atoms with E-state index in [1.54, 1.807) is 24.3 Å². The molecule has 0 spiro atoms. The van der Waals surface area contributed by atoms with Crippen LogP contribution in [-0.2, 0) is 17.5 Å². The number of rotatable bonds is 10. The second-order valence-corrected chi connectivity index (χ2v) is 9.90. The van der Waals surface area contributed by atoms with Gasteiger partial charge in [-0.2, -0.15) is 18.3 Å². The maximum absolute atomic E-state index is 15.3. The van der Waals surface area contributed by atoms with Gasteiger partial charge < -0.3 is 24.7 Å². The lowest BCUT2D eigenvalue weighted by Crippen LogP contribution is -2.40. The number of hydrogen-bond donors (Lipinski definition) is 3. The molecule has 1 aliphatic rings. The Labute approximate surface area is 235 Å². The lowest BCUT2D eigenvalue weighted by Gasteiger charge is -2.27. The van der Waals surface area contributed by atoms with Crippen LogP contribution in [0.2, 0.25) is 0 Å². The minimum absolute atomic E-state index is 0.0531. The molecule has 5 rings (SSSR count). The molecule has 222 valence electrons. The van der Waals surface area contributed by atoms with Crippen LogP contribution >= 0.6 is 0 Å². The van der Waals surface area contributed by atoms with E-state index >= 15 is 4.39 Å². The molecule has 0 aliphatic carbocycles. The number of pyridine rings is 1. The van der Waals surface area contributed by atoms with Crippen molar-refractivity contribution in [1.82, 2.24) is 24.7 Å². The van der Waals surface area contributed by atoms with Gasteiger partial charge in [0, 0.05) is 18.8 Å². The summed E-state index contributed by atoms with van der Waals surface area (Å²) < 4.78 is 67.0. The van der Waals surface area contributed by atoms with Crippen LogP contribution in [0.25, 0.3) is 22.2 Å². The smallest absolute Gasteiger partial charge is 0.423 e. The Balaban J connectivity index is 1.30. The van der Waals surface area contributed by atoms with Crippen molar-refractivity contribution in [2.45, 2.75) is 44.6 Å². The van der Waals surface area contributed by atoms with Crippen molar-refractivity contribution in [3.8, 4) is 17.1 Å². The van der Waals surface area contributed by atoms with E-state index in [4.69, 9.17) is 9.47 Å². The average molecular weight is 590 g/mol. The number of aryl methyl sites for hydroxylation is 1. The van der Waals surface area contributed by atoms with Crippen LogP contribution < -0.4 is 26.5 Å². The number of hydrogen-bond acceptors (Lipinski definition) is 9. The predicted octanol–water partition coefficient (Wildman–Crippen LogP) is 3.80. The molecule has 0 unspecified atom stereocenters. The van der Waals surface area contributed by atoms with Crippen molar-refractivity contribution < 1.29 is 27.0 Å². The Morgan fingerprint density at radius 2 is 2.02 bits per heavy atom. The zero-order valence-corrected chi connectivity index (χ0v) is 22.6. The number of nitrogens with one attached hydrogen (secondary N) is 3. The van der Waals surface area contributed by atoms with Crippen LogP contribution in [-0.4, -0.2) is 57.1 Å². The number of anilines is 2. The third-order valence-corrected chi connectivity index (χ3v) is 6.84. The molecule has 42 heavy (non-hydrogen) atoms. The molecule has 1 saturated heterocycles. The number of aromatic amines is 1. The lowest BCUT2D eigenvalue weighted by molar-refractivity contribution is -0.138. The molecule has 11 nitrogen and oxygen atoms in total. The molecule has 0 radical (unpaired) electrons. The molecule has 3 N–H and O–H groups in total. The Morgan fingerprint density at radius 1 is 1.24 bits per heavy atom. The van der Waals surface area contributed by atoms with Crippen LogP contribution in [0.5, 0.6) is 5.75 Å². The number of alkyl halides is 3. The van der Waals surface area contributed by atoms with Crippen LogP contribution in [0.3, 0.4) is 0 Å². The van der Waals surface area contributed by atoms with Gasteiger partial charge in [-0.1, -0.05) is 0 Å². The molecule has 4 heterocycles. The minimum Gasteiger partial charge on any atom is -0.491 e. The highest BCUT2D eigenvalue weighted by Crippen LogP contribution is 2.32. The number of benzene rings is 1. The highest BCUT2D eigenvalue weighted by molar-refractivity contribution is 5.86. The first-order valence-corrected chi connectivity index (χ1v) is 13.0. The molecule has 15 heteroatoms. The summed E-state index contributed by atoms with van der Waals surface area (Å²) >= 11 is 0. The second-order valence-electron chi connectivity index (χ2n) is 9.90. The van der Waals surface area contributed by atoms with Crippen LogP contribution in [0.15, 0.2) is 46.4 Å².